The molecule has 0 saturated heterocycles. The number of benzene rings is 2. The van der Waals surface area contributed by atoms with Crippen molar-refractivity contribution in [2.24, 2.45) is 0 Å². The number of sulfonamides is 1. The lowest BCUT2D eigenvalue weighted by Gasteiger charge is -2.26. The van der Waals surface area contributed by atoms with E-state index in [2.05, 4.69) is 27.6 Å². The first-order chi connectivity index (χ1) is 15.3. The summed E-state index contributed by atoms with van der Waals surface area (Å²) in [7, 11) is -3.59. The fourth-order valence-electron chi connectivity index (χ4n) is 4.22. The summed E-state index contributed by atoms with van der Waals surface area (Å²) in [5.74, 6) is -0.452. The summed E-state index contributed by atoms with van der Waals surface area (Å²) >= 11 is 6.21. The van der Waals surface area contributed by atoms with E-state index in [1.807, 2.05) is 18.2 Å². The zero-order valence-electron chi connectivity index (χ0n) is 18.0. The molecule has 2 N–H and O–H groups in total. The van der Waals surface area contributed by atoms with Gasteiger partial charge in [-0.1, -0.05) is 17.7 Å². The summed E-state index contributed by atoms with van der Waals surface area (Å²) in [6, 6.07) is 10.8. The molecular formula is C24H27ClFN3O2S. The zero-order valence-corrected chi connectivity index (χ0v) is 19.6. The fraction of sp³-hybridized carbons (Fsp3) is 0.333. The summed E-state index contributed by atoms with van der Waals surface area (Å²) in [6.45, 7) is 5.23. The SMILES string of the molecule is Cc1[nH]c2ccc(Cl)cc2c1C1=CCN(CCCCNS(=O)(=O)c2ccc(F)cc2)CC1. The van der Waals surface area contributed by atoms with Crippen LogP contribution in [0.2, 0.25) is 5.02 Å². The van der Waals surface area contributed by atoms with Gasteiger partial charge in [0.25, 0.3) is 0 Å². The van der Waals surface area contributed by atoms with E-state index in [0.29, 0.717) is 6.54 Å². The molecule has 4 rings (SSSR count). The van der Waals surface area contributed by atoms with Gasteiger partial charge in [0.15, 0.2) is 0 Å². The Kier molecular flexibility index (Phi) is 7.00. The average Bonchev–Trinajstić information content (AvgIpc) is 3.09. The highest BCUT2D eigenvalue weighted by Crippen LogP contribution is 2.33. The fourth-order valence-corrected chi connectivity index (χ4v) is 5.46. The molecule has 1 aromatic heterocycles. The first-order valence-electron chi connectivity index (χ1n) is 10.8. The van der Waals surface area contributed by atoms with Crippen LogP contribution in [0.5, 0.6) is 0 Å². The van der Waals surface area contributed by atoms with Crippen molar-refractivity contribution in [2.75, 3.05) is 26.2 Å². The Labute approximate surface area is 193 Å². The van der Waals surface area contributed by atoms with Crippen molar-refractivity contribution in [3.8, 4) is 0 Å². The number of hydrogen-bond acceptors (Lipinski definition) is 3. The molecule has 8 heteroatoms. The van der Waals surface area contributed by atoms with Crippen LogP contribution in [0.3, 0.4) is 0 Å². The quantitative estimate of drug-likeness (QED) is 0.444. The number of aromatic nitrogens is 1. The van der Waals surface area contributed by atoms with Gasteiger partial charge in [0.1, 0.15) is 5.82 Å². The van der Waals surface area contributed by atoms with Gasteiger partial charge in [0, 0.05) is 46.8 Å². The van der Waals surface area contributed by atoms with Crippen LogP contribution < -0.4 is 4.72 Å². The third-order valence-corrected chi connectivity index (χ3v) is 7.59. The van der Waals surface area contributed by atoms with E-state index < -0.39 is 15.8 Å². The molecule has 5 nitrogen and oxygen atoms in total. The van der Waals surface area contributed by atoms with Gasteiger partial charge < -0.3 is 4.98 Å². The molecule has 0 unspecified atom stereocenters. The van der Waals surface area contributed by atoms with E-state index in [-0.39, 0.29) is 4.90 Å². The van der Waals surface area contributed by atoms with Crippen LogP contribution in [-0.2, 0) is 10.0 Å². The van der Waals surface area contributed by atoms with Crippen LogP contribution in [0.25, 0.3) is 16.5 Å². The number of nitrogens with zero attached hydrogens (tertiary/aromatic N) is 1. The molecule has 0 saturated carbocycles. The smallest absolute Gasteiger partial charge is 0.240 e. The lowest BCUT2D eigenvalue weighted by Crippen LogP contribution is -2.30. The molecule has 3 aromatic rings. The molecule has 0 aliphatic carbocycles. The normalized spacial score (nSPS) is 15.3. The largest absolute Gasteiger partial charge is 0.358 e. The molecule has 0 radical (unpaired) electrons. The minimum absolute atomic E-state index is 0.0847. The van der Waals surface area contributed by atoms with Gasteiger partial charge >= 0.3 is 0 Å². The van der Waals surface area contributed by atoms with Gasteiger partial charge in [-0.2, -0.15) is 0 Å². The van der Waals surface area contributed by atoms with Crippen LogP contribution in [0.4, 0.5) is 4.39 Å². The Morgan fingerprint density at radius 1 is 1.16 bits per heavy atom. The number of rotatable bonds is 8. The molecule has 32 heavy (non-hydrogen) atoms. The number of aryl methyl sites for hydroxylation is 1. The first kappa shape index (κ1) is 23.0. The number of halogens is 2. The number of H-pyrrole nitrogens is 1. The molecule has 0 fully saturated rings. The Morgan fingerprint density at radius 2 is 1.94 bits per heavy atom. The third-order valence-electron chi connectivity index (χ3n) is 5.88. The Morgan fingerprint density at radius 3 is 2.66 bits per heavy atom. The highest BCUT2D eigenvalue weighted by Gasteiger charge is 2.18. The molecule has 0 spiro atoms. The summed E-state index contributed by atoms with van der Waals surface area (Å²) < 4.78 is 40.0. The van der Waals surface area contributed by atoms with Gasteiger partial charge in [-0.25, -0.2) is 17.5 Å². The standard InChI is InChI=1S/C24H27ClFN3O2S/c1-17-24(22-16-19(25)4-9-23(22)28-17)18-10-14-29(15-11-18)13-3-2-12-27-32(30,31)21-7-5-20(26)6-8-21/h4-10,16,27-28H,2-3,11-15H2,1H3. The van der Waals surface area contributed by atoms with Crippen molar-refractivity contribution < 1.29 is 12.8 Å². The maximum absolute atomic E-state index is 13.0. The predicted molar refractivity (Wildman–Crippen MR) is 128 cm³/mol. The van der Waals surface area contributed by atoms with E-state index in [1.165, 1.54) is 28.7 Å². The second-order valence-electron chi connectivity index (χ2n) is 8.15. The van der Waals surface area contributed by atoms with Crippen molar-refractivity contribution in [3.05, 3.63) is 70.6 Å². The average molecular weight is 476 g/mol. The van der Waals surface area contributed by atoms with Crippen LogP contribution in [-0.4, -0.2) is 44.5 Å². The molecule has 0 amide bonds. The van der Waals surface area contributed by atoms with Crippen molar-refractivity contribution in [3.63, 3.8) is 0 Å². The van der Waals surface area contributed by atoms with E-state index in [0.717, 1.165) is 67.3 Å². The first-order valence-corrected chi connectivity index (χ1v) is 12.6. The molecule has 0 bridgehead atoms. The van der Waals surface area contributed by atoms with Gasteiger partial charge in [0.2, 0.25) is 10.0 Å². The molecule has 2 heterocycles. The van der Waals surface area contributed by atoms with E-state index in [9.17, 15) is 12.8 Å². The number of hydrogen-bond donors (Lipinski definition) is 2. The number of unbranched alkanes of at least 4 members (excludes halogenated alkanes) is 1. The lowest BCUT2D eigenvalue weighted by atomic mass is 9.96. The van der Waals surface area contributed by atoms with Crippen LogP contribution in [0.15, 0.2) is 53.4 Å². The minimum atomic E-state index is -3.59. The van der Waals surface area contributed by atoms with Gasteiger partial charge in [-0.15, -0.1) is 0 Å². The summed E-state index contributed by atoms with van der Waals surface area (Å²) in [5, 5.41) is 1.91. The van der Waals surface area contributed by atoms with E-state index in [4.69, 9.17) is 11.6 Å². The number of aromatic amines is 1. The minimum Gasteiger partial charge on any atom is -0.358 e. The van der Waals surface area contributed by atoms with E-state index in [1.54, 1.807) is 0 Å². The Bertz CT molecular complexity index is 1240. The molecule has 170 valence electrons. The topological polar surface area (TPSA) is 65.2 Å². The second kappa shape index (κ2) is 9.75. The Balaban J connectivity index is 1.26. The summed E-state index contributed by atoms with van der Waals surface area (Å²) in [5.41, 5.74) is 4.88. The highest BCUT2D eigenvalue weighted by molar-refractivity contribution is 7.89. The highest BCUT2D eigenvalue weighted by atomic mass is 35.5. The van der Waals surface area contributed by atoms with Crippen molar-refractivity contribution in [2.45, 2.75) is 31.1 Å². The van der Waals surface area contributed by atoms with Crippen LogP contribution >= 0.6 is 11.6 Å². The third kappa shape index (κ3) is 5.23. The van der Waals surface area contributed by atoms with Gasteiger partial charge in [-0.3, -0.25) is 4.90 Å². The molecule has 2 aromatic carbocycles. The van der Waals surface area contributed by atoms with Gasteiger partial charge in [0.05, 0.1) is 4.90 Å². The Hall–Kier alpha value is -2.19. The van der Waals surface area contributed by atoms with Crippen molar-refractivity contribution >= 4 is 38.1 Å². The van der Waals surface area contributed by atoms with E-state index >= 15 is 0 Å². The van der Waals surface area contributed by atoms with Crippen molar-refractivity contribution in [1.82, 2.24) is 14.6 Å². The maximum atomic E-state index is 13.0. The predicted octanol–water partition coefficient (Wildman–Crippen LogP) is 5.12. The monoisotopic (exact) mass is 475 g/mol. The van der Waals surface area contributed by atoms with Gasteiger partial charge in [-0.05, 0) is 80.8 Å². The van der Waals surface area contributed by atoms with Crippen molar-refractivity contribution in [1.29, 1.82) is 0 Å². The lowest BCUT2D eigenvalue weighted by molar-refractivity contribution is 0.295. The number of nitrogens with one attached hydrogen (secondary N) is 2. The summed E-state index contributed by atoms with van der Waals surface area (Å²) in [6.07, 6.45) is 4.90. The second-order valence-corrected chi connectivity index (χ2v) is 10.4. The molecule has 1 aliphatic rings. The van der Waals surface area contributed by atoms with Crippen LogP contribution in [0.1, 0.15) is 30.5 Å². The number of fused-ring (bicyclic) bond motifs is 1. The molecular weight excluding hydrogens is 449 g/mol. The van der Waals surface area contributed by atoms with Crippen LogP contribution in [0, 0.1) is 12.7 Å². The zero-order chi connectivity index (χ0) is 22.7. The molecule has 0 atom stereocenters. The maximum Gasteiger partial charge on any atom is 0.240 e. The summed E-state index contributed by atoms with van der Waals surface area (Å²) in [4.78, 5) is 5.92. The molecule has 1 aliphatic heterocycles.